The van der Waals surface area contributed by atoms with E-state index < -0.39 is 0 Å². The van der Waals surface area contributed by atoms with Crippen LogP contribution in [0.3, 0.4) is 0 Å². The van der Waals surface area contributed by atoms with Crippen molar-refractivity contribution in [1.82, 2.24) is 10.2 Å². The van der Waals surface area contributed by atoms with E-state index in [9.17, 15) is 9.59 Å². The molecule has 0 saturated carbocycles. The Hall–Kier alpha value is -2.24. The predicted molar refractivity (Wildman–Crippen MR) is 89.6 cm³/mol. The van der Waals surface area contributed by atoms with E-state index >= 15 is 0 Å². The van der Waals surface area contributed by atoms with Crippen molar-refractivity contribution in [2.45, 2.75) is 26.2 Å². The van der Waals surface area contributed by atoms with Crippen LogP contribution in [0.5, 0.6) is 5.75 Å². The summed E-state index contributed by atoms with van der Waals surface area (Å²) in [5.41, 5.74) is 0.747. The molecule has 0 spiro atoms. The summed E-state index contributed by atoms with van der Waals surface area (Å²) in [5, 5.41) is 5.82. The minimum atomic E-state index is -0.0957. The van der Waals surface area contributed by atoms with Gasteiger partial charge in [0, 0.05) is 31.7 Å². The molecule has 2 rings (SSSR count). The van der Waals surface area contributed by atoms with Crippen LogP contribution >= 0.6 is 0 Å². The van der Waals surface area contributed by atoms with Crippen LogP contribution in [0.1, 0.15) is 26.2 Å². The van der Waals surface area contributed by atoms with Crippen molar-refractivity contribution in [3.05, 3.63) is 24.3 Å². The lowest BCUT2D eigenvalue weighted by molar-refractivity contribution is -0.121. The Morgan fingerprint density at radius 2 is 2.04 bits per heavy atom. The van der Waals surface area contributed by atoms with E-state index in [1.165, 1.54) is 0 Å². The van der Waals surface area contributed by atoms with Crippen molar-refractivity contribution in [3.8, 4) is 5.75 Å². The normalized spacial score (nSPS) is 17.5. The second-order valence-electron chi connectivity index (χ2n) is 5.77. The van der Waals surface area contributed by atoms with Gasteiger partial charge in [0.25, 0.3) is 0 Å². The molecule has 0 bridgehead atoms. The number of nitrogens with one attached hydrogen (secondary N) is 2. The van der Waals surface area contributed by atoms with Gasteiger partial charge in [-0.2, -0.15) is 0 Å². The van der Waals surface area contributed by atoms with Crippen LogP contribution in [0.15, 0.2) is 24.3 Å². The number of hydrogen-bond acceptors (Lipinski definition) is 3. The van der Waals surface area contributed by atoms with Crippen LogP contribution in [-0.4, -0.2) is 43.6 Å². The van der Waals surface area contributed by atoms with Crippen molar-refractivity contribution >= 4 is 17.6 Å². The quantitative estimate of drug-likeness (QED) is 0.876. The minimum Gasteiger partial charge on any atom is -0.497 e. The highest BCUT2D eigenvalue weighted by atomic mass is 16.5. The maximum Gasteiger partial charge on any atom is 0.321 e. The van der Waals surface area contributed by atoms with E-state index in [4.69, 9.17) is 4.74 Å². The third-order valence-corrected chi connectivity index (χ3v) is 4.06. The van der Waals surface area contributed by atoms with Gasteiger partial charge in [0.05, 0.1) is 7.11 Å². The zero-order valence-corrected chi connectivity index (χ0v) is 13.8. The van der Waals surface area contributed by atoms with Crippen LogP contribution in [-0.2, 0) is 4.79 Å². The zero-order chi connectivity index (χ0) is 16.7. The van der Waals surface area contributed by atoms with Gasteiger partial charge in [-0.1, -0.05) is 6.92 Å². The molecule has 1 aliphatic heterocycles. The maximum atomic E-state index is 12.4. The Morgan fingerprint density at radius 3 is 2.70 bits per heavy atom. The largest absolute Gasteiger partial charge is 0.497 e. The van der Waals surface area contributed by atoms with Crippen molar-refractivity contribution in [2.75, 3.05) is 32.1 Å². The van der Waals surface area contributed by atoms with Gasteiger partial charge in [-0.3, -0.25) is 4.79 Å². The molecule has 0 aromatic heterocycles. The van der Waals surface area contributed by atoms with Gasteiger partial charge in [0.2, 0.25) is 5.91 Å². The number of amides is 3. The molecule has 3 amide bonds. The lowest BCUT2D eigenvalue weighted by atomic mass is 9.98. The van der Waals surface area contributed by atoms with Crippen LogP contribution in [0.25, 0.3) is 0 Å². The summed E-state index contributed by atoms with van der Waals surface area (Å²) >= 11 is 0. The molecular formula is C17H25N3O3. The molecule has 2 N–H and O–H groups in total. The molecule has 6 heteroatoms. The Bertz CT molecular complexity index is 530. The van der Waals surface area contributed by atoms with Crippen molar-refractivity contribution < 1.29 is 14.3 Å². The lowest BCUT2D eigenvalue weighted by Gasteiger charge is -2.32. The van der Waals surface area contributed by atoms with Crippen LogP contribution in [0.4, 0.5) is 10.5 Å². The molecule has 1 heterocycles. The molecule has 0 unspecified atom stereocenters. The number of benzene rings is 1. The Morgan fingerprint density at radius 1 is 1.30 bits per heavy atom. The van der Waals surface area contributed by atoms with Crippen LogP contribution < -0.4 is 15.4 Å². The summed E-state index contributed by atoms with van der Waals surface area (Å²) in [4.78, 5) is 25.5. The number of urea groups is 1. The SMILES string of the molecule is CCC(=O)NC[C@@H]1CCCN(C(=O)Nc2ccc(OC)cc2)C1. The average Bonchev–Trinajstić information content (AvgIpc) is 2.60. The number of nitrogens with zero attached hydrogens (tertiary/aromatic N) is 1. The smallest absolute Gasteiger partial charge is 0.321 e. The summed E-state index contributed by atoms with van der Waals surface area (Å²) in [7, 11) is 1.61. The summed E-state index contributed by atoms with van der Waals surface area (Å²) < 4.78 is 5.10. The topological polar surface area (TPSA) is 70.7 Å². The molecule has 1 saturated heterocycles. The molecule has 23 heavy (non-hydrogen) atoms. The number of carbonyl (C=O) groups is 2. The number of piperidine rings is 1. The van der Waals surface area contributed by atoms with Gasteiger partial charge >= 0.3 is 6.03 Å². The van der Waals surface area contributed by atoms with E-state index in [0.717, 1.165) is 30.8 Å². The number of methoxy groups -OCH3 is 1. The van der Waals surface area contributed by atoms with Gasteiger partial charge in [0.15, 0.2) is 0 Å². The highest BCUT2D eigenvalue weighted by molar-refractivity contribution is 5.89. The highest BCUT2D eigenvalue weighted by Gasteiger charge is 2.23. The molecule has 1 fully saturated rings. The first kappa shape index (κ1) is 17.1. The molecule has 1 atom stereocenters. The predicted octanol–water partition coefficient (Wildman–Crippen LogP) is 2.47. The van der Waals surface area contributed by atoms with Gasteiger partial charge in [0.1, 0.15) is 5.75 Å². The minimum absolute atomic E-state index is 0.0600. The van der Waals surface area contributed by atoms with E-state index in [0.29, 0.717) is 25.4 Å². The van der Waals surface area contributed by atoms with Gasteiger partial charge in [-0.25, -0.2) is 4.79 Å². The monoisotopic (exact) mass is 319 g/mol. The number of rotatable bonds is 5. The molecule has 0 aliphatic carbocycles. The van der Waals surface area contributed by atoms with Crippen molar-refractivity contribution in [2.24, 2.45) is 5.92 Å². The van der Waals surface area contributed by atoms with Crippen molar-refractivity contribution in [1.29, 1.82) is 0 Å². The van der Waals surface area contributed by atoms with E-state index in [-0.39, 0.29) is 11.9 Å². The third-order valence-electron chi connectivity index (χ3n) is 4.06. The molecular weight excluding hydrogens is 294 g/mol. The second-order valence-corrected chi connectivity index (χ2v) is 5.77. The number of ether oxygens (including phenoxy) is 1. The Kier molecular flexibility index (Phi) is 6.26. The first-order valence-corrected chi connectivity index (χ1v) is 8.09. The number of carbonyl (C=O) groups excluding carboxylic acids is 2. The summed E-state index contributed by atoms with van der Waals surface area (Å²) in [5.74, 6) is 1.14. The number of likely N-dealkylation sites (tertiary alicyclic amines) is 1. The number of anilines is 1. The van der Waals surface area contributed by atoms with Crippen molar-refractivity contribution in [3.63, 3.8) is 0 Å². The summed E-state index contributed by atoms with van der Waals surface area (Å²) in [6, 6.07) is 7.17. The standard InChI is InChI=1S/C17H25N3O3/c1-3-16(21)18-11-13-5-4-10-20(12-13)17(22)19-14-6-8-15(23-2)9-7-14/h6-9,13H,3-5,10-12H2,1-2H3,(H,18,21)(H,19,22)/t13-/m0/s1. The second kappa shape index (κ2) is 8.41. The molecule has 6 nitrogen and oxygen atoms in total. The molecule has 1 aromatic rings. The maximum absolute atomic E-state index is 12.4. The fraction of sp³-hybridized carbons (Fsp3) is 0.529. The van der Waals surface area contributed by atoms with Crippen LogP contribution in [0.2, 0.25) is 0 Å². The zero-order valence-electron chi connectivity index (χ0n) is 13.8. The van der Waals surface area contributed by atoms with E-state index in [1.54, 1.807) is 7.11 Å². The summed E-state index contributed by atoms with van der Waals surface area (Å²) in [6.45, 7) is 3.90. The number of hydrogen-bond donors (Lipinski definition) is 2. The third kappa shape index (κ3) is 5.16. The molecule has 1 aliphatic rings. The van der Waals surface area contributed by atoms with Crippen LogP contribution in [0, 0.1) is 5.92 Å². The summed E-state index contributed by atoms with van der Waals surface area (Å²) in [6.07, 6.45) is 2.49. The highest BCUT2D eigenvalue weighted by Crippen LogP contribution is 2.19. The van der Waals surface area contributed by atoms with Gasteiger partial charge < -0.3 is 20.3 Å². The van der Waals surface area contributed by atoms with E-state index in [1.807, 2.05) is 36.1 Å². The fourth-order valence-corrected chi connectivity index (χ4v) is 2.68. The fourth-order valence-electron chi connectivity index (χ4n) is 2.68. The first-order chi connectivity index (χ1) is 11.1. The first-order valence-electron chi connectivity index (χ1n) is 8.09. The van der Waals surface area contributed by atoms with Gasteiger partial charge in [-0.15, -0.1) is 0 Å². The lowest BCUT2D eigenvalue weighted by Crippen LogP contribution is -2.45. The Labute approximate surface area is 137 Å². The van der Waals surface area contributed by atoms with E-state index in [2.05, 4.69) is 10.6 Å². The molecule has 126 valence electrons. The Balaban J connectivity index is 1.84. The van der Waals surface area contributed by atoms with Gasteiger partial charge in [-0.05, 0) is 43.0 Å². The molecule has 0 radical (unpaired) electrons. The molecule has 1 aromatic carbocycles. The average molecular weight is 319 g/mol.